The molecule has 1 aromatic carbocycles. The molecule has 66 heavy (non-hydrogen) atoms. The molecule has 0 radical (unpaired) electrons. The van der Waals surface area contributed by atoms with Crippen molar-refractivity contribution in [1.82, 2.24) is 14.9 Å². The van der Waals surface area contributed by atoms with Crippen LogP contribution in [0.2, 0.25) is 0 Å². The number of benzene rings is 1. The highest BCUT2D eigenvalue weighted by Gasteiger charge is 2.72. The van der Waals surface area contributed by atoms with E-state index in [-0.39, 0.29) is 52.0 Å². The van der Waals surface area contributed by atoms with Gasteiger partial charge in [0, 0.05) is 68.2 Å². The fraction of sp³-hybridized carbons (Fsp3) is 0.719. The van der Waals surface area contributed by atoms with Gasteiger partial charge < -0.3 is 34.6 Å². The summed E-state index contributed by atoms with van der Waals surface area (Å²) in [4.78, 5) is 32.7. The second-order valence-electron chi connectivity index (χ2n) is 24.3. The number of nitrogens with one attached hydrogen (secondary N) is 2. The molecule has 0 bridgehead atoms. The molecule has 2 aromatic heterocycles. The van der Waals surface area contributed by atoms with Crippen LogP contribution >= 0.6 is 0 Å². The van der Waals surface area contributed by atoms with Gasteiger partial charge in [-0.3, -0.25) is 9.59 Å². The van der Waals surface area contributed by atoms with Crippen molar-refractivity contribution in [3.05, 3.63) is 70.1 Å². The number of ketones is 2. The zero-order chi connectivity index (χ0) is 46.6. The molecule has 5 aliphatic carbocycles. The van der Waals surface area contributed by atoms with E-state index in [2.05, 4.69) is 86.1 Å². The Hall–Kier alpha value is -3.08. The smallest absolute Gasteiger partial charge is 0.160 e. The fourth-order valence-electron chi connectivity index (χ4n) is 16.5. The quantitative estimate of drug-likeness (QED) is 0.126. The number of aliphatic hydroxyl groups is 2. The molecule has 7 aliphatic rings. The summed E-state index contributed by atoms with van der Waals surface area (Å²) in [7, 11) is 1.97. The van der Waals surface area contributed by atoms with Gasteiger partial charge in [-0.1, -0.05) is 72.1 Å². The number of aromatic nitrogens is 2. The normalized spacial score (nSPS) is 36.9. The zero-order valence-corrected chi connectivity index (χ0v) is 41.6. The lowest BCUT2D eigenvalue weighted by Gasteiger charge is -2.70. The SMILES string of the molecule is CNCC[C@]1(C)C(=O)CC[C@@]2(C)[C@H]3[C@H](O)[C@H](Cn4cc(Cc5cc(C6CCCCC6)cc(C6CCOCC6)c5)c5[nH]ccc54)C4=C([C@H](C)C[C@@H](O)[C@H]5OC5(C)C)C(=O)C[C@]4(C)[C@@]3(C)CC[C@H]21. The fourth-order valence-corrected chi connectivity index (χ4v) is 16.5. The summed E-state index contributed by atoms with van der Waals surface area (Å²) < 4.78 is 14.1. The van der Waals surface area contributed by atoms with Crippen molar-refractivity contribution < 1.29 is 29.3 Å². The average Bonchev–Trinajstić information content (AvgIpc) is 3.57. The number of hydrogen-bond acceptors (Lipinski definition) is 7. The summed E-state index contributed by atoms with van der Waals surface area (Å²) in [6.07, 6.45) is 16.9. The van der Waals surface area contributed by atoms with Crippen molar-refractivity contribution in [2.45, 2.75) is 187 Å². The van der Waals surface area contributed by atoms with Crippen molar-refractivity contribution in [2.24, 2.45) is 45.3 Å². The third-order valence-electron chi connectivity index (χ3n) is 20.2. The third-order valence-corrected chi connectivity index (χ3v) is 20.2. The number of rotatable bonds is 13. The van der Waals surface area contributed by atoms with E-state index in [1.54, 1.807) is 0 Å². The summed E-state index contributed by atoms with van der Waals surface area (Å²) in [6.45, 7) is 18.5. The van der Waals surface area contributed by atoms with Crippen LogP contribution in [0.4, 0.5) is 0 Å². The number of fused-ring (bicyclic) bond motifs is 6. The lowest BCUT2D eigenvalue weighted by molar-refractivity contribution is -0.222. The highest BCUT2D eigenvalue weighted by atomic mass is 16.6. The van der Waals surface area contributed by atoms with Gasteiger partial charge in [-0.2, -0.15) is 0 Å². The number of epoxide rings is 1. The Morgan fingerprint density at radius 3 is 2.32 bits per heavy atom. The Morgan fingerprint density at radius 2 is 1.64 bits per heavy atom. The molecule has 0 unspecified atom stereocenters. The summed E-state index contributed by atoms with van der Waals surface area (Å²) in [5.41, 5.74) is 7.81. The van der Waals surface area contributed by atoms with Gasteiger partial charge in [-0.15, -0.1) is 0 Å². The minimum atomic E-state index is -0.731. The molecule has 360 valence electrons. The predicted octanol–water partition coefficient (Wildman–Crippen LogP) is 10.4. The molecule has 0 spiro atoms. The van der Waals surface area contributed by atoms with Crippen LogP contribution < -0.4 is 5.32 Å². The minimum Gasteiger partial charge on any atom is -0.392 e. The van der Waals surface area contributed by atoms with Crippen LogP contribution in [-0.2, 0) is 32.0 Å². The first-order chi connectivity index (χ1) is 31.4. The largest absolute Gasteiger partial charge is 0.392 e. The second-order valence-corrected chi connectivity index (χ2v) is 24.3. The highest BCUT2D eigenvalue weighted by Crippen LogP contribution is 2.75. The number of carbonyl (C=O) groups is 2. The summed E-state index contributed by atoms with van der Waals surface area (Å²) in [5, 5.41) is 28.5. The van der Waals surface area contributed by atoms with Crippen LogP contribution in [0.15, 0.2) is 47.8 Å². The Labute approximate surface area is 394 Å². The lowest BCUT2D eigenvalue weighted by atomic mass is 9.34. The first kappa shape index (κ1) is 46.6. The Morgan fingerprint density at radius 1 is 0.939 bits per heavy atom. The van der Waals surface area contributed by atoms with Gasteiger partial charge in [0.25, 0.3) is 0 Å². The molecular formula is C57H81N3O6. The molecule has 4 N–H and O–H groups in total. The second kappa shape index (κ2) is 17.1. The standard InChI is InChI=1S/C57H81N3O6/c1-34(26-43(61)52-53(2,3)66-52)47-44(62)31-57(7)48(47)41(50(64)51-55(5)19-15-46(63)54(4,21-23-58-8)45(55)14-20-56(51,57)6)33-60-32-40(49-42(60)16-22-59-49)29-35-27-38(36-12-10-9-11-13-36)30-39(28-35)37-17-24-65-25-18-37/h16,22,27-28,30,32,34,36-37,41,43,45,50-52,58-59,61,64H,9-15,17-21,23-26,29,31,33H2,1-8H3/t34-,41-,43-,45+,50-,51-,52-,54+,55-,56+,57+/m1/s1. The molecule has 11 atom stereocenters. The molecule has 4 saturated carbocycles. The topological polar surface area (TPSA) is 129 Å². The number of carbonyl (C=O) groups excluding carboxylic acids is 2. The number of hydrogen-bond donors (Lipinski definition) is 4. The van der Waals surface area contributed by atoms with Crippen LogP contribution in [-0.4, -0.2) is 82.0 Å². The number of aliphatic hydroxyl groups excluding tert-OH is 2. The molecule has 2 aliphatic heterocycles. The molecule has 0 amide bonds. The van der Waals surface area contributed by atoms with Crippen molar-refractivity contribution >= 4 is 22.6 Å². The lowest BCUT2D eigenvalue weighted by Crippen LogP contribution is -2.68. The number of nitrogens with zero attached hydrogens (tertiary/aromatic N) is 1. The van der Waals surface area contributed by atoms with E-state index in [4.69, 9.17) is 9.47 Å². The zero-order valence-electron chi connectivity index (χ0n) is 41.6. The van der Waals surface area contributed by atoms with Gasteiger partial charge in [-0.25, -0.2) is 0 Å². The third kappa shape index (κ3) is 7.49. The average molecular weight is 904 g/mol. The van der Waals surface area contributed by atoms with E-state index in [0.29, 0.717) is 43.4 Å². The maximum atomic E-state index is 15.0. The number of H-pyrrole nitrogens is 1. The molecule has 3 aromatic rings. The van der Waals surface area contributed by atoms with E-state index < -0.39 is 23.0 Å². The van der Waals surface area contributed by atoms with Crippen LogP contribution in [0.3, 0.4) is 0 Å². The number of ether oxygens (including phenoxy) is 2. The highest BCUT2D eigenvalue weighted by molar-refractivity contribution is 6.01. The van der Waals surface area contributed by atoms with E-state index in [1.807, 2.05) is 20.9 Å². The van der Waals surface area contributed by atoms with Crippen LogP contribution in [0.5, 0.6) is 0 Å². The van der Waals surface area contributed by atoms with E-state index >= 15 is 0 Å². The monoisotopic (exact) mass is 904 g/mol. The first-order valence-electron chi connectivity index (χ1n) is 26.3. The maximum absolute atomic E-state index is 15.0. The predicted molar refractivity (Wildman–Crippen MR) is 260 cm³/mol. The number of Topliss-reactive ketones (excluding diaryl/α,β-unsaturated/α-hetero) is 2. The molecule has 4 heterocycles. The summed E-state index contributed by atoms with van der Waals surface area (Å²) in [5.74, 6) is 1.19. The maximum Gasteiger partial charge on any atom is 0.160 e. The van der Waals surface area contributed by atoms with Gasteiger partial charge in [-0.05, 0) is 165 Å². The molecule has 9 heteroatoms. The van der Waals surface area contributed by atoms with Crippen LogP contribution in [0, 0.1) is 45.3 Å². The minimum absolute atomic E-state index is 0.110. The Bertz CT molecular complexity index is 2330. The van der Waals surface area contributed by atoms with E-state index in [1.165, 1.54) is 54.4 Å². The van der Waals surface area contributed by atoms with E-state index in [0.717, 1.165) is 86.9 Å². The summed E-state index contributed by atoms with van der Waals surface area (Å²) in [6, 6.07) is 9.71. The van der Waals surface area contributed by atoms with Gasteiger partial charge in [0.2, 0.25) is 0 Å². The van der Waals surface area contributed by atoms with Crippen LogP contribution in [0.25, 0.3) is 11.0 Å². The molecule has 10 rings (SSSR count). The molecule has 2 saturated heterocycles. The summed E-state index contributed by atoms with van der Waals surface area (Å²) >= 11 is 0. The van der Waals surface area contributed by atoms with Crippen LogP contribution in [0.1, 0.15) is 172 Å². The Balaban J connectivity index is 1.06. The molecule has 6 fully saturated rings. The van der Waals surface area contributed by atoms with E-state index in [9.17, 15) is 19.8 Å². The first-order valence-corrected chi connectivity index (χ1v) is 26.3. The number of aromatic amines is 1. The number of allylic oxidation sites excluding steroid dienone is 1. The van der Waals surface area contributed by atoms with Crippen molar-refractivity contribution in [1.29, 1.82) is 0 Å². The molecular weight excluding hydrogens is 823 g/mol. The van der Waals surface area contributed by atoms with Crippen molar-refractivity contribution in [2.75, 3.05) is 26.8 Å². The molecule has 9 nitrogen and oxygen atoms in total. The van der Waals surface area contributed by atoms with Gasteiger partial charge in [0.15, 0.2) is 5.78 Å². The van der Waals surface area contributed by atoms with Crippen molar-refractivity contribution in [3.8, 4) is 0 Å². The van der Waals surface area contributed by atoms with Gasteiger partial charge >= 0.3 is 0 Å². The van der Waals surface area contributed by atoms with Gasteiger partial charge in [0.1, 0.15) is 11.9 Å². The van der Waals surface area contributed by atoms with Gasteiger partial charge in [0.05, 0.1) is 28.8 Å². The Kier molecular flexibility index (Phi) is 12.1. The van der Waals surface area contributed by atoms with Crippen molar-refractivity contribution in [3.63, 3.8) is 0 Å².